The number of fused-ring (bicyclic) bond motifs is 3. The van der Waals surface area contributed by atoms with Gasteiger partial charge in [0.25, 0.3) is 0 Å². The van der Waals surface area contributed by atoms with Crippen LogP contribution in [0.2, 0.25) is 0 Å². The molecule has 3 fully saturated rings. The Morgan fingerprint density at radius 1 is 1.30 bits per heavy atom. The van der Waals surface area contributed by atoms with E-state index in [1.54, 1.807) is 0 Å². The first-order valence-electron chi connectivity index (χ1n) is 4.47. The molecule has 3 atom stereocenters. The van der Waals surface area contributed by atoms with E-state index in [-0.39, 0.29) is 0 Å². The van der Waals surface area contributed by atoms with Gasteiger partial charge in [-0.05, 0) is 38.1 Å². The van der Waals surface area contributed by atoms with Crippen LogP contribution in [0, 0.1) is 11.8 Å². The highest BCUT2D eigenvalue weighted by Crippen LogP contribution is 2.37. The SMILES string of the molecule is CC1CC2CCC1N(C)C2. The highest BCUT2D eigenvalue weighted by atomic mass is 15.2. The molecule has 3 aliphatic rings. The summed E-state index contributed by atoms with van der Waals surface area (Å²) in [6.07, 6.45) is 4.46. The van der Waals surface area contributed by atoms with Gasteiger partial charge in [-0.25, -0.2) is 0 Å². The first-order chi connectivity index (χ1) is 4.77. The number of rotatable bonds is 0. The molecule has 1 heteroatoms. The van der Waals surface area contributed by atoms with Crippen LogP contribution in [0.15, 0.2) is 0 Å². The third kappa shape index (κ3) is 0.878. The predicted molar refractivity (Wildman–Crippen MR) is 42.9 cm³/mol. The van der Waals surface area contributed by atoms with E-state index in [9.17, 15) is 0 Å². The second kappa shape index (κ2) is 2.23. The van der Waals surface area contributed by atoms with Gasteiger partial charge < -0.3 is 4.90 Å². The van der Waals surface area contributed by atoms with E-state index in [1.807, 2.05) is 0 Å². The fourth-order valence-electron chi connectivity index (χ4n) is 2.85. The molecule has 2 heterocycles. The molecule has 3 rings (SSSR count). The summed E-state index contributed by atoms with van der Waals surface area (Å²) in [5.41, 5.74) is 0. The fraction of sp³-hybridized carbons (Fsp3) is 1.00. The fourth-order valence-corrected chi connectivity index (χ4v) is 2.85. The van der Waals surface area contributed by atoms with Crippen LogP contribution in [0.25, 0.3) is 0 Å². The number of piperidine rings is 2. The van der Waals surface area contributed by atoms with Crippen LogP contribution in [0.1, 0.15) is 26.2 Å². The minimum Gasteiger partial charge on any atom is -0.303 e. The molecule has 1 aliphatic carbocycles. The number of nitrogens with zero attached hydrogens (tertiary/aromatic N) is 1. The van der Waals surface area contributed by atoms with Crippen molar-refractivity contribution in [1.82, 2.24) is 4.90 Å². The molecule has 0 amide bonds. The highest BCUT2D eigenvalue weighted by molar-refractivity contribution is 4.90. The van der Waals surface area contributed by atoms with Crippen LogP contribution < -0.4 is 0 Å². The molecule has 0 aromatic carbocycles. The van der Waals surface area contributed by atoms with Crippen LogP contribution in [0.4, 0.5) is 0 Å². The van der Waals surface area contributed by atoms with Crippen molar-refractivity contribution in [3.8, 4) is 0 Å². The van der Waals surface area contributed by atoms with Gasteiger partial charge in [-0.2, -0.15) is 0 Å². The summed E-state index contributed by atoms with van der Waals surface area (Å²) < 4.78 is 0. The van der Waals surface area contributed by atoms with Crippen LogP contribution in [-0.2, 0) is 0 Å². The Labute approximate surface area is 63.4 Å². The molecule has 2 aliphatic heterocycles. The quantitative estimate of drug-likeness (QED) is 0.494. The molecule has 10 heavy (non-hydrogen) atoms. The Morgan fingerprint density at radius 2 is 2.10 bits per heavy atom. The van der Waals surface area contributed by atoms with Crippen molar-refractivity contribution >= 4 is 0 Å². The van der Waals surface area contributed by atoms with E-state index in [2.05, 4.69) is 18.9 Å². The maximum Gasteiger partial charge on any atom is 0.0118 e. The third-order valence-corrected chi connectivity index (χ3v) is 3.34. The standard InChI is InChI=1S/C9H17N/c1-7-5-8-3-4-9(7)10(2)6-8/h7-9H,3-6H2,1-2H3. The highest BCUT2D eigenvalue weighted by Gasteiger charge is 2.36. The van der Waals surface area contributed by atoms with Crippen molar-refractivity contribution < 1.29 is 0 Å². The molecule has 0 aromatic rings. The van der Waals surface area contributed by atoms with Gasteiger partial charge in [0, 0.05) is 12.6 Å². The maximum atomic E-state index is 2.56. The Balaban J connectivity index is 2.11. The van der Waals surface area contributed by atoms with E-state index in [4.69, 9.17) is 0 Å². The summed E-state index contributed by atoms with van der Waals surface area (Å²) in [5.74, 6) is 2.00. The first-order valence-corrected chi connectivity index (χ1v) is 4.47. The summed E-state index contributed by atoms with van der Waals surface area (Å²) in [5, 5.41) is 0. The molecule has 2 saturated heterocycles. The number of hydrogen-bond acceptors (Lipinski definition) is 1. The summed E-state index contributed by atoms with van der Waals surface area (Å²) in [7, 11) is 2.28. The van der Waals surface area contributed by atoms with E-state index in [0.717, 1.165) is 17.9 Å². The number of hydrogen-bond donors (Lipinski definition) is 0. The second-order valence-corrected chi connectivity index (χ2v) is 4.16. The zero-order chi connectivity index (χ0) is 7.14. The summed E-state index contributed by atoms with van der Waals surface area (Å²) in [6, 6.07) is 0.921. The molecular weight excluding hydrogens is 122 g/mol. The van der Waals surface area contributed by atoms with Gasteiger partial charge in [0.15, 0.2) is 0 Å². The summed E-state index contributed by atoms with van der Waals surface area (Å²) in [6.45, 7) is 3.78. The van der Waals surface area contributed by atoms with Gasteiger partial charge in [0.1, 0.15) is 0 Å². The Hall–Kier alpha value is -0.0400. The van der Waals surface area contributed by atoms with Gasteiger partial charge in [0.05, 0.1) is 0 Å². The van der Waals surface area contributed by atoms with E-state index in [0.29, 0.717) is 0 Å². The van der Waals surface area contributed by atoms with Crippen molar-refractivity contribution in [3.63, 3.8) is 0 Å². The topological polar surface area (TPSA) is 3.24 Å². The predicted octanol–water partition coefficient (Wildman–Crippen LogP) is 1.74. The molecule has 1 saturated carbocycles. The van der Waals surface area contributed by atoms with E-state index >= 15 is 0 Å². The van der Waals surface area contributed by atoms with Crippen molar-refractivity contribution in [1.29, 1.82) is 0 Å². The molecule has 0 N–H and O–H groups in total. The van der Waals surface area contributed by atoms with Crippen molar-refractivity contribution in [2.45, 2.75) is 32.2 Å². The molecule has 0 spiro atoms. The summed E-state index contributed by atoms with van der Waals surface area (Å²) >= 11 is 0. The van der Waals surface area contributed by atoms with Crippen LogP contribution in [0.5, 0.6) is 0 Å². The van der Waals surface area contributed by atoms with Gasteiger partial charge in [-0.3, -0.25) is 0 Å². The van der Waals surface area contributed by atoms with Gasteiger partial charge in [0.2, 0.25) is 0 Å². The molecule has 1 nitrogen and oxygen atoms in total. The van der Waals surface area contributed by atoms with Crippen molar-refractivity contribution in [3.05, 3.63) is 0 Å². The lowest BCUT2D eigenvalue weighted by Crippen LogP contribution is -2.50. The lowest BCUT2D eigenvalue weighted by molar-refractivity contribution is 0.0280. The lowest BCUT2D eigenvalue weighted by atomic mass is 9.74. The van der Waals surface area contributed by atoms with E-state index < -0.39 is 0 Å². The third-order valence-electron chi connectivity index (χ3n) is 3.34. The van der Waals surface area contributed by atoms with Crippen LogP contribution in [-0.4, -0.2) is 24.5 Å². The van der Waals surface area contributed by atoms with Crippen molar-refractivity contribution in [2.24, 2.45) is 11.8 Å². The largest absolute Gasteiger partial charge is 0.303 e. The minimum atomic E-state index is 0.921. The zero-order valence-electron chi connectivity index (χ0n) is 7.01. The minimum absolute atomic E-state index is 0.921. The Kier molecular flexibility index (Phi) is 1.48. The van der Waals surface area contributed by atoms with E-state index in [1.165, 1.54) is 25.8 Å². The average molecular weight is 139 g/mol. The van der Waals surface area contributed by atoms with Crippen LogP contribution >= 0.6 is 0 Å². The van der Waals surface area contributed by atoms with Crippen molar-refractivity contribution in [2.75, 3.05) is 13.6 Å². The molecular formula is C9H17N. The summed E-state index contributed by atoms with van der Waals surface area (Å²) in [4.78, 5) is 2.56. The Morgan fingerprint density at radius 3 is 2.50 bits per heavy atom. The smallest absolute Gasteiger partial charge is 0.0118 e. The zero-order valence-corrected chi connectivity index (χ0v) is 7.01. The van der Waals surface area contributed by atoms with Gasteiger partial charge in [-0.15, -0.1) is 0 Å². The maximum absolute atomic E-state index is 2.56. The average Bonchev–Trinajstić information content (AvgIpc) is 1.86. The normalized spacial score (nSPS) is 48.0. The second-order valence-electron chi connectivity index (χ2n) is 4.16. The molecule has 58 valence electrons. The first kappa shape index (κ1) is 6.66. The Bertz CT molecular complexity index is 121. The van der Waals surface area contributed by atoms with Crippen LogP contribution in [0.3, 0.4) is 0 Å². The molecule has 3 unspecified atom stereocenters. The van der Waals surface area contributed by atoms with Gasteiger partial charge in [-0.1, -0.05) is 6.92 Å². The molecule has 0 radical (unpaired) electrons. The molecule has 0 aromatic heterocycles. The monoisotopic (exact) mass is 139 g/mol. The molecule has 2 bridgehead atoms. The van der Waals surface area contributed by atoms with Gasteiger partial charge >= 0.3 is 0 Å². The lowest BCUT2D eigenvalue weighted by Gasteiger charge is -2.47.